The molecule has 13 heavy (non-hydrogen) atoms. The highest BCUT2D eigenvalue weighted by atomic mass is 32.2. The van der Waals surface area contributed by atoms with E-state index in [0.29, 0.717) is 0 Å². The zero-order valence-corrected chi connectivity index (χ0v) is 7.92. The molecule has 0 aromatic heterocycles. The molecule has 0 aromatic carbocycles. The van der Waals surface area contributed by atoms with E-state index in [2.05, 4.69) is 0 Å². The fourth-order valence-electron chi connectivity index (χ4n) is 0.699. The molecule has 0 amide bonds. The molecule has 76 valence electrons. The van der Waals surface area contributed by atoms with Crippen LogP contribution in [0.2, 0.25) is 0 Å². The van der Waals surface area contributed by atoms with Crippen molar-refractivity contribution in [3.05, 3.63) is 10.5 Å². The third kappa shape index (κ3) is 4.21. The van der Waals surface area contributed by atoms with Gasteiger partial charge in [-0.1, -0.05) is 0 Å². The Morgan fingerprint density at radius 2 is 1.92 bits per heavy atom. The molecule has 0 unspecified atom stereocenters. The number of allylic oxidation sites excluding steroid dienone is 1. The Morgan fingerprint density at radius 1 is 1.46 bits per heavy atom. The summed E-state index contributed by atoms with van der Waals surface area (Å²) in [6.07, 6.45) is -4.05. The van der Waals surface area contributed by atoms with Gasteiger partial charge in [0.05, 0.1) is 12.0 Å². The largest absolute Gasteiger partial charge is 0.481 e. The number of carboxylic acid groups (broad SMARTS) is 1. The first-order chi connectivity index (χ1) is 5.79. The number of hydrogen-bond acceptors (Lipinski definition) is 2. The first-order valence-corrected chi connectivity index (χ1v) is 4.54. The maximum Gasteiger partial charge on any atom is 0.414 e. The van der Waals surface area contributed by atoms with Crippen molar-refractivity contribution < 1.29 is 23.1 Å². The number of halogens is 3. The van der Waals surface area contributed by atoms with Gasteiger partial charge in [-0.05, 0) is 18.1 Å². The zero-order chi connectivity index (χ0) is 10.6. The van der Waals surface area contributed by atoms with Crippen molar-refractivity contribution in [1.29, 1.82) is 0 Å². The van der Waals surface area contributed by atoms with E-state index in [4.69, 9.17) is 5.11 Å². The molecule has 1 N–H and O–H groups in total. The van der Waals surface area contributed by atoms with Gasteiger partial charge in [-0.15, -0.1) is 11.8 Å². The highest BCUT2D eigenvalue weighted by molar-refractivity contribution is 8.02. The molecule has 0 atom stereocenters. The minimum Gasteiger partial charge on any atom is -0.481 e. The molecule has 0 spiro atoms. The van der Waals surface area contributed by atoms with Crippen LogP contribution in [0, 0.1) is 0 Å². The molecule has 0 bridgehead atoms. The minimum absolute atomic E-state index is 0.00472. The van der Waals surface area contributed by atoms with Crippen LogP contribution >= 0.6 is 11.8 Å². The molecule has 0 fully saturated rings. The summed E-state index contributed by atoms with van der Waals surface area (Å²) in [7, 11) is 0. The van der Waals surface area contributed by atoms with Crippen LogP contribution in [-0.2, 0) is 4.79 Å². The Morgan fingerprint density at radius 3 is 2.15 bits per heavy atom. The van der Waals surface area contributed by atoms with Crippen LogP contribution < -0.4 is 0 Å². The van der Waals surface area contributed by atoms with E-state index in [1.165, 1.54) is 13.2 Å². The minimum atomic E-state index is -4.55. The van der Waals surface area contributed by atoms with Gasteiger partial charge in [0.1, 0.15) is 0 Å². The Labute approximate surface area is 77.8 Å². The average Bonchev–Trinajstić information content (AvgIpc) is 1.96. The molecule has 0 aliphatic rings. The fraction of sp³-hybridized carbons (Fsp3) is 0.571. The molecule has 0 rings (SSSR count). The summed E-state index contributed by atoms with van der Waals surface area (Å²) in [6.45, 7) is 1.26. The maximum absolute atomic E-state index is 12.2. The summed E-state index contributed by atoms with van der Waals surface area (Å²) >= 11 is 0.898. The molecular weight excluding hydrogens is 205 g/mol. The topological polar surface area (TPSA) is 37.3 Å². The highest BCUT2D eigenvalue weighted by Crippen LogP contribution is 2.33. The van der Waals surface area contributed by atoms with Gasteiger partial charge in [0.2, 0.25) is 0 Å². The molecule has 0 aliphatic heterocycles. The standard InChI is InChI=1S/C7H9F3O2S/c1-4(13-2)5(3-6(11)12)7(8,9)10/h3H2,1-2H3,(H,11,12)/b5-4+. The number of alkyl halides is 3. The lowest BCUT2D eigenvalue weighted by molar-refractivity contribution is -0.139. The van der Waals surface area contributed by atoms with E-state index in [0.717, 1.165) is 11.8 Å². The number of hydrogen-bond donors (Lipinski definition) is 1. The first-order valence-electron chi connectivity index (χ1n) is 3.31. The van der Waals surface area contributed by atoms with Crippen LogP contribution in [0.25, 0.3) is 0 Å². The quantitative estimate of drug-likeness (QED) is 0.784. The molecule has 0 aromatic rings. The van der Waals surface area contributed by atoms with Crippen molar-refractivity contribution in [3.8, 4) is 0 Å². The SMILES string of the molecule is CS/C(C)=C(\CC(=O)O)C(F)(F)F. The van der Waals surface area contributed by atoms with Crippen LogP contribution in [-0.4, -0.2) is 23.5 Å². The smallest absolute Gasteiger partial charge is 0.414 e. The number of carbonyl (C=O) groups is 1. The van der Waals surface area contributed by atoms with Gasteiger partial charge in [0.25, 0.3) is 0 Å². The number of carboxylic acids is 1. The van der Waals surface area contributed by atoms with Crippen molar-refractivity contribution in [2.24, 2.45) is 0 Å². The number of rotatable bonds is 3. The van der Waals surface area contributed by atoms with Gasteiger partial charge in [-0.25, -0.2) is 0 Å². The van der Waals surface area contributed by atoms with Gasteiger partial charge < -0.3 is 5.11 Å². The Kier molecular flexibility index (Phi) is 4.32. The van der Waals surface area contributed by atoms with E-state index in [1.54, 1.807) is 0 Å². The molecule has 6 heteroatoms. The van der Waals surface area contributed by atoms with Gasteiger partial charge in [0, 0.05) is 0 Å². The maximum atomic E-state index is 12.2. The summed E-state index contributed by atoms with van der Waals surface area (Å²) < 4.78 is 36.5. The highest BCUT2D eigenvalue weighted by Gasteiger charge is 2.36. The van der Waals surface area contributed by atoms with Crippen molar-refractivity contribution in [3.63, 3.8) is 0 Å². The van der Waals surface area contributed by atoms with Crippen molar-refractivity contribution >= 4 is 17.7 Å². The molecule has 0 aliphatic carbocycles. The Hall–Kier alpha value is -0.650. The molecular formula is C7H9F3O2S. The summed E-state index contributed by atoms with van der Waals surface area (Å²) in [5.41, 5.74) is -0.979. The first kappa shape index (κ1) is 12.3. The second kappa shape index (κ2) is 4.55. The van der Waals surface area contributed by atoms with Crippen LogP contribution in [0.5, 0.6) is 0 Å². The van der Waals surface area contributed by atoms with Crippen LogP contribution in [0.4, 0.5) is 13.2 Å². The molecule has 2 nitrogen and oxygen atoms in total. The van der Waals surface area contributed by atoms with Crippen molar-refractivity contribution in [2.45, 2.75) is 19.5 Å². The van der Waals surface area contributed by atoms with E-state index in [-0.39, 0.29) is 4.91 Å². The van der Waals surface area contributed by atoms with E-state index in [9.17, 15) is 18.0 Å². The van der Waals surface area contributed by atoms with Crippen LogP contribution in [0.1, 0.15) is 13.3 Å². The van der Waals surface area contributed by atoms with E-state index < -0.39 is 24.1 Å². The predicted molar refractivity (Wildman–Crippen MR) is 44.5 cm³/mol. The second-order valence-corrected chi connectivity index (χ2v) is 3.33. The normalized spacial score (nSPS) is 13.9. The van der Waals surface area contributed by atoms with E-state index in [1.807, 2.05) is 0 Å². The Bertz CT molecular complexity index is 232. The van der Waals surface area contributed by atoms with Gasteiger partial charge in [0.15, 0.2) is 0 Å². The third-order valence-corrected chi connectivity index (χ3v) is 2.26. The average molecular weight is 214 g/mol. The lowest BCUT2D eigenvalue weighted by Crippen LogP contribution is -2.16. The summed E-state index contributed by atoms with van der Waals surface area (Å²) in [6, 6.07) is 0. The number of thioether (sulfide) groups is 1. The third-order valence-electron chi connectivity index (χ3n) is 1.40. The molecule has 0 heterocycles. The summed E-state index contributed by atoms with van der Waals surface area (Å²) in [5.74, 6) is -1.47. The monoisotopic (exact) mass is 214 g/mol. The molecule has 0 saturated heterocycles. The van der Waals surface area contributed by atoms with Crippen molar-refractivity contribution in [1.82, 2.24) is 0 Å². The second-order valence-electron chi connectivity index (χ2n) is 2.31. The van der Waals surface area contributed by atoms with Crippen molar-refractivity contribution in [2.75, 3.05) is 6.26 Å². The predicted octanol–water partition coefficient (Wildman–Crippen LogP) is 2.66. The van der Waals surface area contributed by atoms with Gasteiger partial charge in [-0.3, -0.25) is 4.79 Å². The lowest BCUT2D eigenvalue weighted by Gasteiger charge is -2.12. The zero-order valence-electron chi connectivity index (χ0n) is 7.10. The van der Waals surface area contributed by atoms with E-state index >= 15 is 0 Å². The molecule has 0 saturated carbocycles. The summed E-state index contributed by atoms with van der Waals surface area (Å²) in [5, 5.41) is 8.25. The fourth-order valence-corrected chi connectivity index (χ4v) is 1.13. The van der Waals surface area contributed by atoms with Crippen LogP contribution in [0.15, 0.2) is 10.5 Å². The van der Waals surface area contributed by atoms with Gasteiger partial charge in [-0.2, -0.15) is 13.2 Å². The van der Waals surface area contributed by atoms with Crippen LogP contribution in [0.3, 0.4) is 0 Å². The number of aliphatic carboxylic acids is 1. The lowest BCUT2D eigenvalue weighted by atomic mass is 10.2. The summed E-state index contributed by atoms with van der Waals surface area (Å²) in [4.78, 5) is 10.1. The Balaban J connectivity index is 4.88. The van der Waals surface area contributed by atoms with Gasteiger partial charge >= 0.3 is 12.1 Å². The molecule has 0 radical (unpaired) electrons.